The normalized spacial score (nSPS) is 11.2. The first-order valence-corrected chi connectivity index (χ1v) is 9.40. The Kier molecular flexibility index (Phi) is 7.12. The van der Waals surface area contributed by atoms with E-state index in [9.17, 15) is 4.79 Å². The highest BCUT2D eigenvalue weighted by molar-refractivity contribution is 9.10. The molecule has 0 aliphatic heterocycles. The smallest absolute Gasteiger partial charge is 0.408 e. The molecule has 2 rings (SSSR count). The number of nitrogens with zero attached hydrogens (tertiary/aromatic N) is 2. The van der Waals surface area contributed by atoms with Crippen molar-refractivity contribution in [3.63, 3.8) is 0 Å². The SMILES string of the molecule is CC(C)(C)OC(=O)NCc1nnc(SCCOc2cccc(Br)c2)o1. The Morgan fingerprint density at radius 1 is 1.36 bits per heavy atom. The molecule has 7 nitrogen and oxygen atoms in total. The van der Waals surface area contributed by atoms with Gasteiger partial charge in [-0.25, -0.2) is 4.79 Å². The molecule has 1 aromatic heterocycles. The van der Waals surface area contributed by atoms with Gasteiger partial charge in [0.15, 0.2) is 0 Å². The summed E-state index contributed by atoms with van der Waals surface area (Å²) in [4.78, 5) is 11.6. The molecule has 0 radical (unpaired) electrons. The largest absolute Gasteiger partial charge is 0.493 e. The maximum atomic E-state index is 11.6. The molecule has 0 saturated carbocycles. The molecule has 1 amide bonds. The van der Waals surface area contributed by atoms with Gasteiger partial charge in [-0.2, -0.15) is 0 Å². The molecule has 25 heavy (non-hydrogen) atoms. The van der Waals surface area contributed by atoms with Gasteiger partial charge in [-0.15, -0.1) is 10.2 Å². The van der Waals surface area contributed by atoms with Crippen LogP contribution < -0.4 is 10.1 Å². The fourth-order valence-electron chi connectivity index (χ4n) is 1.68. The Morgan fingerprint density at radius 2 is 2.16 bits per heavy atom. The van der Waals surface area contributed by atoms with Gasteiger partial charge in [0, 0.05) is 10.2 Å². The lowest BCUT2D eigenvalue weighted by molar-refractivity contribution is 0.0518. The molecule has 1 heterocycles. The number of carbonyl (C=O) groups excluding carboxylic acids is 1. The standard InChI is InChI=1S/C16H20BrN3O4S/c1-16(2,3)24-14(21)18-10-13-19-20-15(23-13)25-8-7-22-12-6-4-5-11(17)9-12/h4-6,9H,7-8,10H2,1-3H3,(H,18,21). The molecule has 0 aliphatic carbocycles. The molecule has 1 N–H and O–H groups in total. The molecule has 9 heteroatoms. The topological polar surface area (TPSA) is 86.5 Å². The summed E-state index contributed by atoms with van der Waals surface area (Å²) in [5.41, 5.74) is -0.547. The predicted octanol–water partition coefficient (Wildman–Crippen LogP) is 4.03. The van der Waals surface area contributed by atoms with Crippen LogP contribution in [0.15, 0.2) is 38.4 Å². The van der Waals surface area contributed by atoms with Crippen molar-refractivity contribution in [3.05, 3.63) is 34.6 Å². The molecular weight excluding hydrogens is 410 g/mol. The van der Waals surface area contributed by atoms with E-state index < -0.39 is 11.7 Å². The summed E-state index contributed by atoms with van der Waals surface area (Å²) in [6.45, 7) is 6.02. The van der Waals surface area contributed by atoms with Crippen molar-refractivity contribution >= 4 is 33.8 Å². The van der Waals surface area contributed by atoms with Crippen LogP contribution in [0, 0.1) is 0 Å². The second kappa shape index (κ2) is 9.10. The van der Waals surface area contributed by atoms with Crippen molar-refractivity contribution in [2.24, 2.45) is 0 Å². The number of halogens is 1. The number of benzene rings is 1. The highest BCUT2D eigenvalue weighted by Crippen LogP contribution is 2.19. The monoisotopic (exact) mass is 429 g/mol. The van der Waals surface area contributed by atoms with E-state index in [2.05, 4.69) is 31.4 Å². The van der Waals surface area contributed by atoms with Crippen molar-refractivity contribution in [1.29, 1.82) is 0 Å². The van der Waals surface area contributed by atoms with E-state index in [1.165, 1.54) is 11.8 Å². The van der Waals surface area contributed by atoms with Crippen LogP contribution in [0.5, 0.6) is 5.75 Å². The molecule has 0 bridgehead atoms. The van der Waals surface area contributed by atoms with Crippen LogP contribution in [0.3, 0.4) is 0 Å². The van der Waals surface area contributed by atoms with E-state index >= 15 is 0 Å². The lowest BCUT2D eigenvalue weighted by Crippen LogP contribution is -2.32. The van der Waals surface area contributed by atoms with Gasteiger partial charge in [-0.1, -0.05) is 33.8 Å². The highest BCUT2D eigenvalue weighted by Gasteiger charge is 2.16. The number of ether oxygens (including phenoxy) is 2. The van der Waals surface area contributed by atoms with Gasteiger partial charge in [-0.05, 0) is 39.0 Å². The van der Waals surface area contributed by atoms with Gasteiger partial charge in [0.25, 0.3) is 5.22 Å². The number of rotatable bonds is 7. The number of carbonyl (C=O) groups is 1. The van der Waals surface area contributed by atoms with E-state index in [1.807, 2.05) is 24.3 Å². The van der Waals surface area contributed by atoms with Crippen LogP contribution in [-0.4, -0.2) is 34.3 Å². The number of thioether (sulfide) groups is 1. The van der Waals surface area contributed by atoms with Crippen molar-refractivity contribution < 1.29 is 18.7 Å². The van der Waals surface area contributed by atoms with Crippen LogP contribution in [-0.2, 0) is 11.3 Å². The highest BCUT2D eigenvalue weighted by atomic mass is 79.9. The van der Waals surface area contributed by atoms with E-state index in [1.54, 1.807) is 20.8 Å². The van der Waals surface area contributed by atoms with Crippen LogP contribution in [0.1, 0.15) is 26.7 Å². The van der Waals surface area contributed by atoms with Crippen molar-refractivity contribution in [2.75, 3.05) is 12.4 Å². The Balaban J connectivity index is 1.68. The van der Waals surface area contributed by atoms with Gasteiger partial charge in [-0.3, -0.25) is 0 Å². The Labute approximate surface area is 159 Å². The summed E-state index contributed by atoms with van der Waals surface area (Å²) in [5.74, 6) is 1.78. The maximum absolute atomic E-state index is 11.6. The summed E-state index contributed by atoms with van der Waals surface area (Å²) < 4.78 is 17.2. The fraction of sp³-hybridized carbons (Fsp3) is 0.438. The summed E-state index contributed by atoms with van der Waals surface area (Å²) in [6.07, 6.45) is -0.526. The molecule has 0 unspecified atom stereocenters. The first-order chi connectivity index (χ1) is 11.8. The van der Waals surface area contributed by atoms with Crippen LogP contribution in [0.2, 0.25) is 0 Å². The minimum absolute atomic E-state index is 0.122. The average Bonchev–Trinajstić information content (AvgIpc) is 2.96. The lowest BCUT2D eigenvalue weighted by Gasteiger charge is -2.19. The third kappa shape index (κ3) is 7.78. The molecule has 136 valence electrons. The minimum atomic E-state index is -0.547. The molecule has 2 aromatic rings. The van der Waals surface area contributed by atoms with Gasteiger partial charge in [0.1, 0.15) is 11.4 Å². The number of aromatic nitrogens is 2. The Morgan fingerprint density at radius 3 is 2.88 bits per heavy atom. The van der Waals surface area contributed by atoms with E-state index in [-0.39, 0.29) is 6.54 Å². The molecule has 0 fully saturated rings. The zero-order chi connectivity index (χ0) is 18.3. The number of hydrogen-bond acceptors (Lipinski definition) is 7. The molecule has 0 atom stereocenters. The number of alkyl carbamates (subject to hydrolysis) is 1. The van der Waals surface area contributed by atoms with Crippen molar-refractivity contribution in [3.8, 4) is 5.75 Å². The van der Waals surface area contributed by atoms with Crippen molar-refractivity contribution in [1.82, 2.24) is 15.5 Å². The van der Waals surface area contributed by atoms with Crippen molar-refractivity contribution in [2.45, 2.75) is 38.1 Å². The molecule has 1 aromatic carbocycles. The quantitative estimate of drug-likeness (QED) is 0.524. The number of nitrogens with one attached hydrogen (secondary N) is 1. The van der Waals surface area contributed by atoms with Crippen LogP contribution in [0.4, 0.5) is 4.79 Å². The summed E-state index contributed by atoms with van der Waals surface area (Å²) in [7, 11) is 0. The van der Waals surface area contributed by atoms with Gasteiger partial charge >= 0.3 is 6.09 Å². The number of amides is 1. The first-order valence-electron chi connectivity index (χ1n) is 7.62. The van der Waals surface area contributed by atoms with Gasteiger partial charge < -0.3 is 19.2 Å². The third-order valence-electron chi connectivity index (χ3n) is 2.60. The molecular formula is C16H20BrN3O4S. The fourth-order valence-corrected chi connectivity index (χ4v) is 2.65. The Bertz CT molecular complexity index is 703. The number of hydrogen-bond donors (Lipinski definition) is 1. The second-order valence-corrected chi connectivity index (χ2v) is 7.93. The summed E-state index contributed by atoms with van der Waals surface area (Å²) in [6, 6.07) is 7.64. The average molecular weight is 430 g/mol. The van der Waals surface area contributed by atoms with E-state index in [0.717, 1.165) is 10.2 Å². The summed E-state index contributed by atoms with van der Waals surface area (Å²) in [5, 5.41) is 10.8. The summed E-state index contributed by atoms with van der Waals surface area (Å²) >= 11 is 4.78. The van der Waals surface area contributed by atoms with E-state index in [4.69, 9.17) is 13.9 Å². The molecule has 0 aliphatic rings. The first kappa shape index (κ1) is 19.6. The Hall–Kier alpha value is -1.74. The van der Waals surface area contributed by atoms with Crippen LogP contribution in [0.25, 0.3) is 0 Å². The maximum Gasteiger partial charge on any atom is 0.408 e. The lowest BCUT2D eigenvalue weighted by atomic mass is 10.2. The van der Waals surface area contributed by atoms with Gasteiger partial charge in [0.05, 0.1) is 13.2 Å². The van der Waals surface area contributed by atoms with Gasteiger partial charge in [0.2, 0.25) is 5.89 Å². The zero-order valence-corrected chi connectivity index (χ0v) is 16.6. The van der Waals surface area contributed by atoms with E-state index in [0.29, 0.717) is 23.5 Å². The minimum Gasteiger partial charge on any atom is -0.493 e. The third-order valence-corrected chi connectivity index (χ3v) is 3.88. The zero-order valence-electron chi connectivity index (χ0n) is 14.2. The van der Waals surface area contributed by atoms with Crippen LogP contribution >= 0.6 is 27.7 Å². The molecule has 0 spiro atoms. The molecule has 0 saturated heterocycles. The predicted molar refractivity (Wildman–Crippen MR) is 97.7 cm³/mol. The second-order valence-electron chi connectivity index (χ2n) is 5.97.